The number of nitrogens with zero attached hydrogens (tertiary/aromatic N) is 3. The average Bonchev–Trinajstić information content (AvgIpc) is 2.84. The Morgan fingerprint density at radius 2 is 2.28 bits per heavy atom. The number of carbonyl (C=O) groups is 2. The molecule has 1 heterocycles. The van der Waals surface area contributed by atoms with Gasteiger partial charge in [-0.05, 0) is 6.42 Å². The van der Waals surface area contributed by atoms with Gasteiger partial charge >= 0.3 is 0 Å². The maximum atomic E-state index is 11.7. The zero-order chi connectivity index (χ0) is 13.4. The number of hydrogen-bond acceptors (Lipinski definition) is 5. The van der Waals surface area contributed by atoms with Gasteiger partial charge in [-0.25, -0.2) is 0 Å². The van der Waals surface area contributed by atoms with E-state index in [0.29, 0.717) is 13.1 Å². The Balaban J connectivity index is 2.21. The van der Waals surface area contributed by atoms with Crippen LogP contribution in [0.25, 0.3) is 0 Å². The highest BCUT2D eigenvalue weighted by atomic mass is 32.1. The smallest absolute Gasteiger partial charge is 0.243 e. The molecule has 0 aliphatic carbocycles. The standard InChI is InChI=1S/C10H17N5O2S/c1-8(16)13-9(7-18)10(17)11-3-2-5-15-6-4-12-14-15/h4,6,9,18H,2-3,5,7H2,1H3,(H,11,17)(H,13,16). The molecule has 100 valence electrons. The lowest BCUT2D eigenvalue weighted by Crippen LogP contribution is -2.47. The first-order chi connectivity index (χ1) is 8.63. The lowest BCUT2D eigenvalue weighted by molar-refractivity contribution is -0.127. The Morgan fingerprint density at radius 3 is 2.83 bits per heavy atom. The first-order valence-electron chi connectivity index (χ1n) is 5.63. The molecule has 7 nitrogen and oxygen atoms in total. The molecule has 8 heteroatoms. The maximum absolute atomic E-state index is 11.7. The Kier molecular flexibility index (Phi) is 6.20. The largest absolute Gasteiger partial charge is 0.354 e. The summed E-state index contributed by atoms with van der Waals surface area (Å²) in [5.41, 5.74) is 0. The SMILES string of the molecule is CC(=O)NC(CS)C(=O)NCCCn1ccnn1. The summed E-state index contributed by atoms with van der Waals surface area (Å²) in [7, 11) is 0. The second kappa shape index (κ2) is 7.70. The summed E-state index contributed by atoms with van der Waals surface area (Å²) < 4.78 is 1.69. The molecule has 1 aromatic rings. The van der Waals surface area contributed by atoms with Crippen LogP contribution in [0, 0.1) is 0 Å². The molecule has 0 aromatic carbocycles. The number of nitrogens with one attached hydrogen (secondary N) is 2. The molecular formula is C10H17N5O2S. The van der Waals surface area contributed by atoms with E-state index in [4.69, 9.17) is 0 Å². The van der Waals surface area contributed by atoms with Crippen molar-refractivity contribution in [2.24, 2.45) is 0 Å². The molecule has 1 unspecified atom stereocenters. The van der Waals surface area contributed by atoms with Crippen LogP contribution in [-0.2, 0) is 16.1 Å². The van der Waals surface area contributed by atoms with Crippen LogP contribution < -0.4 is 10.6 Å². The molecule has 2 amide bonds. The van der Waals surface area contributed by atoms with E-state index in [-0.39, 0.29) is 17.6 Å². The molecule has 1 aromatic heterocycles. The number of carbonyl (C=O) groups excluding carboxylic acids is 2. The van der Waals surface area contributed by atoms with Gasteiger partial charge in [0.2, 0.25) is 11.8 Å². The van der Waals surface area contributed by atoms with Crippen LogP contribution >= 0.6 is 12.6 Å². The number of amides is 2. The number of aryl methyl sites for hydroxylation is 1. The van der Waals surface area contributed by atoms with Gasteiger partial charge in [0.1, 0.15) is 6.04 Å². The summed E-state index contributed by atoms with van der Waals surface area (Å²) >= 11 is 4.03. The molecule has 0 bridgehead atoms. The monoisotopic (exact) mass is 271 g/mol. The van der Waals surface area contributed by atoms with Crippen LogP contribution in [0.15, 0.2) is 12.4 Å². The fraction of sp³-hybridized carbons (Fsp3) is 0.600. The van der Waals surface area contributed by atoms with Gasteiger partial charge in [-0.1, -0.05) is 5.21 Å². The van der Waals surface area contributed by atoms with Gasteiger partial charge < -0.3 is 10.6 Å². The maximum Gasteiger partial charge on any atom is 0.243 e. The van der Waals surface area contributed by atoms with Crippen molar-refractivity contribution in [3.05, 3.63) is 12.4 Å². The molecular weight excluding hydrogens is 254 g/mol. The molecule has 0 spiro atoms. The Bertz CT molecular complexity index is 382. The van der Waals surface area contributed by atoms with Gasteiger partial charge in [0.15, 0.2) is 0 Å². The van der Waals surface area contributed by atoms with E-state index in [1.807, 2.05) is 0 Å². The summed E-state index contributed by atoms with van der Waals surface area (Å²) in [6.07, 6.45) is 4.11. The molecule has 0 aliphatic heterocycles. The van der Waals surface area contributed by atoms with Gasteiger partial charge in [0.05, 0.1) is 6.20 Å². The van der Waals surface area contributed by atoms with Crippen LogP contribution in [0.2, 0.25) is 0 Å². The van der Waals surface area contributed by atoms with E-state index in [1.54, 1.807) is 17.1 Å². The zero-order valence-electron chi connectivity index (χ0n) is 10.2. The topological polar surface area (TPSA) is 88.9 Å². The van der Waals surface area contributed by atoms with Crippen LogP contribution in [0.3, 0.4) is 0 Å². The van der Waals surface area contributed by atoms with Crippen molar-refractivity contribution in [2.45, 2.75) is 25.9 Å². The summed E-state index contributed by atoms with van der Waals surface area (Å²) in [6, 6.07) is -0.586. The highest BCUT2D eigenvalue weighted by molar-refractivity contribution is 7.80. The Labute approximate surface area is 111 Å². The van der Waals surface area contributed by atoms with Crippen molar-refractivity contribution in [3.8, 4) is 0 Å². The first kappa shape index (κ1) is 14.5. The Morgan fingerprint density at radius 1 is 1.50 bits per heavy atom. The molecule has 0 saturated carbocycles. The summed E-state index contributed by atoms with van der Waals surface area (Å²) in [6.45, 7) is 2.57. The van der Waals surface area contributed by atoms with E-state index in [0.717, 1.165) is 6.42 Å². The predicted octanol–water partition coefficient (Wildman–Crippen LogP) is -0.781. The lowest BCUT2D eigenvalue weighted by Gasteiger charge is -2.15. The van der Waals surface area contributed by atoms with Gasteiger partial charge in [-0.15, -0.1) is 5.10 Å². The number of thiol groups is 1. The van der Waals surface area contributed by atoms with Crippen LogP contribution in [0.1, 0.15) is 13.3 Å². The molecule has 2 N–H and O–H groups in total. The van der Waals surface area contributed by atoms with Gasteiger partial charge in [0.25, 0.3) is 0 Å². The van der Waals surface area contributed by atoms with Crippen LogP contribution in [0.4, 0.5) is 0 Å². The summed E-state index contributed by atoms with van der Waals surface area (Å²) in [5, 5.41) is 12.8. The van der Waals surface area contributed by atoms with Gasteiger partial charge in [-0.2, -0.15) is 12.6 Å². The van der Waals surface area contributed by atoms with E-state index >= 15 is 0 Å². The van der Waals surface area contributed by atoms with E-state index in [2.05, 4.69) is 33.6 Å². The van der Waals surface area contributed by atoms with Crippen molar-refractivity contribution < 1.29 is 9.59 Å². The number of hydrogen-bond donors (Lipinski definition) is 3. The van der Waals surface area contributed by atoms with E-state index in [1.165, 1.54) is 6.92 Å². The summed E-state index contributed by atoms with van der Waals surface area (Å²) in [4.78, 5) is 22.5. The molecule has 0 aliphatic rings. The third kappa shape index (κ3) is 5.17. The van der Waals surface area contributed by atoms with Crippen molar-refractivity contribution in [1.82, 2.24) is 25.6 Å². The quantitative estimate of drug-likeness (QED) is 0.448. The third-order valence-corrected chi connectivity index (χ3v) is 2.58. The Hall–Kier alpha value is -1.57. The van der Waals surface area contributed by atoms with Crippen molar-refractivity contribution in [2.75, 3.05) is 12.3 Å². The fourth-order valence-electron chi connectivity index (χ4n) is 1.37. The van der Waals surface area contributed by atoms with Gasteiger partial charge in [0, 0.05) is 32.0 Å². The zero-order valence-corrected chi connectivity index (χ0v) is 11.1. The van der Waals surface area contributed by atoms with Crippen LogP contribution in [0.5, 0.6) is 0 Å². The molecule has 1 atom stereocenters. The number of aromatic nitrogens is 3. The molecule has 18 heavy (non-hydrogen) atoms. The van der Waals surface area contributed by atoms with E-state index < -0.39 is 6.04 Å². The average molecular weight is 271 g/mol. The van der Waals surface area contributed by atoms with Crippen molar-refractivity contribution >= 4 is 24.4 Å². The fourth-order valence-corrected chi connectivity index (χ4v) is 1.62. The second-order valence-corrected chi connectivity index (χ2v) is 4.11. The second-order valence-electron chi connectivity index (χ2n) is 3.75. The molecule has 0 fully saturated rings. The third-order valence-electron chi connectivity index (χ3n) is 2.21. The van der Waals surface area contributed by atoms with Crippen molar-refractivity contribution in [3.63, 3.8) is 0 Å². The van der Waals surface area contributed by atoms with Gasteiger partial charge in [-0.3, -0.25) is 14.3 Å². The molecule has 0 radical (unpaired) electrons. The highest BCUT2D eigenvalue weighted by Gasteiger charge is 2.16. The predicted molar refractivity (Wildman–Crippen MR) is 69.1 cm³/mol. The lowest BCUT2D eigenvalue weighted by atomic mass is 10.3. The van der Waals surface area contributed by atoms with Crippen LogP contribution in [-0.4, -0.2) is 45.1 Å². The normalized spacial score (nSPS) is 11.9. The first-order valence-corrected chi connectivity index (χ1v) is 6.26. The minimum atomic E-state index is -0.586. The molecule has 1 rings (SSSR count). The minimum absolute atomic E-state index is 0.223. The number of rotatable bonds is 7. The minimum Gasteiger partial charge on any atom is -0.354 e. The van der Waals surface area contributed by atoms with Crippen molar-refractivity contribution in [1.29, 1.82) is 0 Å². The van der Waals surface area contributed by atoms with E-state index in [9.17, 15) is 9.59 Å². The summed E-state index contributed by atoms with van der Waals surface area (Å²) in [5.74, 6) is -0.195. The highest BCUT2D eigenvalue weighted by Crippen LogP contribution is 1.90. The molecule has 0 saturated heterocycles.